The van der Waals surface area contributed by atoms with Crippen LogP contribution in [-0.4, -0.2) is 43.2 Å². The predicted molar refractivity (Wildman–Crippen MR) is 129 cm³/mol. The number of hydrogen-bond donors (Lipinski definition) is 1. The molecule has 10 heteroatoms. The smallest absolute Gasteiger partial charge is 0.243 e. The van der Waals surface area contributed by atoms with Crippen LogP contribution in [0.25, 0.3) is 0 Å². The number of piperazine rings is 1. The van der Waals surface area contributed by atoms with Gasteiger partial charge < -0.3 is 10.2 Å². The third kappa shape index (κ3) is 5.16. The summed E-state index contributed by atoms with van der Waals surface area (Å²) in [6.07, 6.45) is 1.81. The Labute approximate surface area is 203 Å². The van der Waals surface area contributed by atoms with Gasteiger partial charge in [-0.05, 0) is 42.3 Å². The van der Waals surface area contributed by atoms with E-state index in [0.717, 1.165) is 28.9 Å². The van der Waals surface area contributed by atoms with Crippen LogP contribution in [-0.2, 0) is 10.0 Å². The van der Waals surface area contributed by atoms with E-state index in [-0.39, 0.29) is 24.5 Å². The van der Waals surface area contributed by atoms with Gasteiger partial charge in [-0.2, -0.15) is 9.57 Å². The number of sulfonamides is 1. The minimum Gasteiger partial charge on any atom is -0.339 e. The summed E-state index contributed by atoms with van der Waals surface area (Å²) in [4.78, 5) is 5.44. The fourth-order valence-corrected chi connectivity index (χ4v) is 5.63. The molecule has 1 heterocycles. The molecule has 7 nitrogen and oxygen atoms in total. The lowest BCUT2D eigenvalue weighted by atomic mass is 10.0. The molecule has 4 rings (SSSR count). The Bertz CT molecular complexity index is 1390. The Morgan fingerprint density at radius 2 is 1.74 bits per heavy atom. The van der Waals surface area contributed by atoms with E-state index in [0.29, 0.717) is 12.0 Å². The molecular formula is C25H23F2N5O2S. The van der Waals surface area contributed by atoms with Gasteiger partial charge in [0.05, 0.1) is 10.9 Å². The van der Waals surface area contributed by atoms with Crippen molar-refractivity contribution in [1.29, 1.82) is 5.26 Å². The van der Waals surface area contributed by atoms with E-state index in [2.05, 4.69) is 10.3 Å². The minimum atomic E-state index is -4.15. The molecule has 1 atom stereocenters. The SMILES string of the molecule is Cc1ccccc1N/C(=N/C#N)N1CCN(S(=O)(=O)c2ccc(F)c(F)c2)C(c2ccccc2)C1. The summed E-state index contributed by atoms with van der Waals surface area (Å²) in [6.45, 7) is 2.38. The molecule has 0 bridgehead atoms. The molecule has 0 spiro atoms. The van der Waals surface area contributed by atoms with Gasteiger partial charge in [-0.3, -0.25) is 0 Å². The summed E-state index contributed by atoms with van der Waals surface area (Å²) >= 11 is 0. The number of aliphatic imine (C=N–C) groups is 1. The van der Waals surface area contributed by atoms with Crippen molar-refractivity contribution in [2.24, 2.45) is 4.99 Å². The second-order valence-corrected chi connectivity index (χ2v) is 9.93. The molecule has 3 aromatic carbocycles. The number of anilines is 1. The summed E-state index contributed by atoms with van der Waals surface area (Å²) in [5.41, 5.74) is 2.45. The van der Waals surface area contributed by atoms with Crippen LogP contribution in [0, 0.1) is 30.0 Å². The maximum atomic E-state index is 13.9. The molecule has 35 heavy (non-hydrogen) atoms. The van der Waals surface area contributed by atoms with Crippen molar-refractivity contribution in [3.63, 3.8) is 0 Å². The maximum Gasteiger partial charge on any atom is 0.243 e. The van der Waals surface area contributed by atoms with Crippen LogP contribution in [0.5, 0.6) is 0 Å². The van der Waals surface area contributed by atoms with E-state index in [9.17, 15) is 22.5 Å². The lowest BCUT2D eigenvalue weighted by Gasteiger charge is -2.41. The van der Waals surface area contributed by atoms with Gasteiger partial charge in [-0.25, -0.2) is 17.2 Å². The maximum absolute atomic E-state index is 13.9. The molecule has 1 fully saturated rings. The second kappa shape index (κ2) is 10.2. The molecule has 180 valence electrons. The van der Waals surface area contributed by atoms with Crippen molar-refractivity contribution in [1.82, 2.24) is 9.21 Å². The van der Waals surface area contributed by atoms with Gasteiger partial charge in [0.1, 0.15) is 0 Å². The van der Waals surface area contributed by atoms with E-state index in [1.165, 1.54) is 4.31 Å². The van der Waals surface area contributed by atoms with Crippen molar-refractivity contribution >= 4 is 21.7 Å². The van der Waals surface area contributed by atoms with E-state index in [1.54, 1.807) is 24.3 Å². The van der Waals surface area contributed by atoms with Gasteiger partial charge in [-0.15, -0.1) is 4.99 Å². The molecule has 3 aromatic rings. The normalized spacial score (nSPS) is 17.1. The first-order chi connectivity index (χ1) is 16.8. The first-order valence-electron chi connectivity index (χ1n) is 10.9. The predicted octanol–water partition coefficient (Wildman–Crippen LogP) is 4.27. The van der Waals surface area contributed by atoms with Crippen molar-refractivity contribution in [2.45, 2.75) is 17.9 Å². The third-order valence-electron chi connectivity index (χ3n) is 5.86. The molecule has 1 saturated heterocycles. The molecule has 1 aliphatic heterocycles. The van der Waals surface area contributed by atoms with Crippen molar-refractivity contribution in [3.8, 4) is 6.19 Å². The van der Waals surface area contributed by atoms with Gasteiger partial charge in [0.2, 0.25) is 22.2 Å². The molecule has 1 N–H and O–H groups in total. The summed E-state index contributed by atoms with van der Waals surface area (Å²) < 4.78 is 55.6. The summed E-state index contributed by atoms with van der Waals surface area (Å²) in [5.74, 6) is -2.05. The van der Waals surface area contributed by atoms with Crippen molar-refractivity contribution in [3.05, 3.63) is 95.6 Å². The zero-order valence-corrected chi connectivity index (χ0v) is 19.7. The first-order valence-corrected chi connectivity index (χ1v) is 12.3. The lowest BCUT2D eigenvalue weighted by molar-refractivity contribution is 0.194. The third-order valence-corrected chi connectivity index (χ3v) is 7.76. The van der Waals surface area contributed by atoms with E-state index in [4.69, 9.17) is 0 Å². The summed E-state index contributed by atoms with van der Waals surface area (Å²) in [5, 5.41) is 12.5. The van der Waals surface area contributed by atoms with Crippen molar-refractivity contribution < 1.29 is 17.2 Å². The Kier molecular flexibility index (Phi) is 7.10. The van der Waals surface area contributed by atoms with Crippen LogP contribution in [0.15, 0.2) is 82.7 Å². The van der Waals surface area contributed by atoms with E-state index >= 15 is 0 Å². The highest BCUT2D eigenvalue weighted by Crippen LogP contribution is 2.32. The number of hydrogen-bond acceptors (Lipinski definition) is 4. The van der Waals surface area contributed by atoms with E-state index in [1.807, 2.05) is 48.3 Å². The number of halogens is 2. The Morgan fingerprint density at radius 3 is 2.43 bits per heavy atom. The van der Waals surface area contributed by atoms with Gasteiger partial charge in [0.15, 0.2) is 11.6 Å². The fourth-order valence-electron chi connectivity index (χ4n) is 4.02. The molecule has 1 unspecified atom stereocenters. The monoisotopic (exact) mass is 495 g/mol. The molecule has 0 saturated carbocycles. The Morgan fingerprint density at radius 1 is 1.03 bits per heavy atom. The topological polar surface area (TPSA) is 88.8 Å². The van der Waals surface area contributed by atoms with Crippen LogP contribution in [0.2, 0.25) is 0 Å². The molecule has 1 aliphatic rings. The van der Waals surface area contributed by atoms with Gasteiger partial charge >= 0.3 is 0 Å². The molecule has 0 aliphatic carbocycles. The number of para-hydroxylation sites is 1. The number of guanidine groups is 1. The standard InChI is InChI=1S/C25H23F2N5O2S/c1-18-7-5-6-10-23(18)30-25(29-17-28)31-13-14-32(24(16-31)19-8-3-2-4-9-19)35(33,34)20-11-12-21(26)22(27)15-20/h2-12,15,24H,13-14,16H2,1H3,(H,29,30). The Balaban J connectivity index is 1.69. The summed E-state index contributed by atoms with van der Waals surface area (Å²) in [7, 11) is -4.15. The lowest BCUT2D eigenvalue weighted by Crippen LogP contribution is -2.53. The van der Waals surface area contributed by atoms with E-state index < -0.39 is 27.7 Å². The highest BCUT2D eigenvalue weighted by Gasteiger charge is 2.38. The van der Waals surface area contributed by atoms with Crippen LogP contribution in [0.4, 0.5) is 14.5 Å². The molecule has 0 amide bonds. The number of nitriles is 1. The second-order valence-electron chi connectivity index (χ2n) is 8.04. The average molecular weight is 496 g/mol. The largest absolute Gasteiger partial charge is 0.339 e. The van der Waals surface area contributed by atoms with Crippen LogP contribution < -0.4 is 5.32 Å². The quantitative estimate of drug-likeness (QED) is 0.332. The zero-order valence-electron chi connectivity index (χ0n) is 18.9. The van der Waals surface area contributed by atoms with Gasteiger partial charge in [0, 0.05) is 25.3 Å². The number of nitrogens with zero attached hydrogens (tertiary/aromatic N) is 4. The van der Waals surface area contributed by atoms with Crippen molar-refractivity contribution in [2.75, 3.05) is 25.0 Å². The number of nitrogens with one attached hydrogen (secondary N) is 1. The molecule has 0 radical (unpaired) electrons. The highest BCUT2D eigenvalue weighted by molar-refractivity contribution is 7.89. The highest BCUT2D eigenvalue weighted by atomic mass is 32.2. The van der Waals surface area contributed by atoms with Gasteiger partial charge in [0.25, 0.3) is 0 Å². The fraction of sp³-hybridized carbons (Fsp3) is 0.200. The Hall–Kier alpha value is -3.81. The number of benzene rings is 3. The molecular weight excluding hydrogens is 472 g/mol. The minimum absolute atomic E-state index is 0.0425. The van der Waals surface area contributed by atoms with Gasteiger partial charge in [-0.1, -0.05) is 48.5 Å². The number of rotatable bonds is 4. The average Bonchev–Trinajstić information content (AvgIpc) is 2.86. The van der Waals surface area contributed by atoms with Crippen LogP contribution >= 0.6 is 0 Å². The zero-order chi connectivity index (χ0) is 25.0. The molecule has 0 aromatic heterocycles. The van der Waals surface area contributed by atoms with Crippen LogP contribution in [0.1, 0.15) is 17.2 Å². The van der Waals surface area contributed by atoms with Crippen LogP contribution in [0.3, 0.4) is 0 Å². The number of aryl methyl sites for hydroxylation is 1. The summed E-state index contributed by atoms with van der Waals surface area (Å²) in [6, 6.07) is 18.5. The first kappa shape index (κ1) is 24.3.